The zero-order chi connectivity index (χ0) is 8.81. The molecule has 0 aromatic carbocycles. The van der Waals surface area contributed by atoms with Gasteiger partial charge in [-0.3, -0.25) is 4.79 Å². The van der Waals surface area contributed by atoms with Gasteiger partial charge in [0, 0.05) is 13.0 Å². The molecule has 4 heteroatoms. The maximum atomic E-state index is 10.2. The molecule has 0 bridgehead atoms. The Hall–Kier alpha value is -0.900. The highest BCUT2D eigenvalue weighted by Gasteiger charge is 2.18. The number of oxime groups is 1. The molecule has 12 heavy (non-hydrogen) atoms. The summed E-state index contributed by atoms with van der Waals surface area (Å²) in [5.74, 6) is 0. The molecule has 1 atom stereocenters. The van der Waals surface area contributed by atoms with Gasteiger partial charge in [0.2, 0.25) is 0 Å². The maximum absolute atomic E-state index is 10.2. The van der Waals surface area contributed by atoms with Crippen molar-refractivity contribution in [2.24, 2.45) is 5.16 Å². The summed E-state index contributed by atoms with van der Waals surface area (Å²) in [6.07, 6.45) is 3.53. The Labute approximate surface area is 71.2 Å². The molecular formula is C8H13NO3. The van der Waals surface area contributed by atoms with E-state index in [1.165, 1.54) is 0 Å². The van der Waals surface area contributed by atoms with Crippen LogP contribution in [0.4, 0.5) is 0 Å². The third-order valence-corrected chi connectivity index (χ3v) is 1.78. The Morgan fingerprint density at radius 3 is 3.08 bits per heavy atom. The second kappa shape index (κ2) is 4.87. The number of hydrogen-bond acceptors (Lipinski definition) is 4. The lowest BCUT2D eigenvalue weighted by Crippen LogP contribution is -2.08. The molecule has 0 radical (unpaired) electrons. The number of aliphatic hydroxyl groups excluding tert-OH is 1. The first-order chi connectivity index (χ1) is 5.86. The molecule has 0 saturated heterocycles. The minimum Gasteiger partial charge on any atom is -0.396 e. The third-order valence-electron chi connectivity index (χ3n) is 1.78. The second-order valence-electron chi connectivity index (χ2n) is 2.82. The van der Waals surface area contributed by atoms with Crippen LogP contribution in [-0.2, 0) is 9.63 Å². The van der Waals surface area contributed by atoms with Crippen LogP contribution >= 0.6 is 0 Å². The van der Waals surface area contributed by atoms with Gasteiger partial charge in [-0.05, 0) is 19.3 Å². The average Bonchev–Trinajstić information content (AvgIpc) is 2.53. The number of rotatable bonds is 5. The standard InChI is InChI=1S/C8H13NO3/c10-4-2-1-3-7-5-8(6-11)12-9-7/h6,8,10H,1-5H2. The smallest absolute Gasteiger partial charge is 0.187 e. The van der Waals surface area contributed by atoms with E-state index in [4.69, 9.17) is 9.94 Å². The Morgan fingerprint density at radius 1 is 1.67 bits per heavy atom. The van der Waals surface area contributed by atoms with Crippen molar-refractivity contribution < 1.29 is 14.7 Å². The second-order valence-corrected chi connectivity index (χ2v) is 2.82. The predicted molar refractivity (Wildman–Crippen MR) is 43.9 cm³/mol. The lowest BCUT2D eigenvalue weighted by atomic mass is 10.1. The number of aliphatic hydroxyl groups is 1. The summed E-state index contributed by atoms with van der Waals surface area (Å²) in [6.45, 7) is 0.214. The fourth-order valence-electron chi connectivity index (χ4n) is 1.11. The molecule has 1 aliphatic rings. The van der Waals surface area contributed by atoms with Gasteiger partial charge in [0.05, 0.1) is 5.71 Å². The van der Waals surface area contributed by atoms with E-state index in [0.29, 0.717) is 6.42 Å². The summed E-state index contributed by atoms with van der Waals surface area (Å²) in [5.41, 5.74) is 0.931. The number of hydrogen-bond donors (Lipinski definition) is 1. The van der Waals surface area contributed by atoms with E-state index in [1.54, 1.807) is 0 Å². The largest absolute Gasteiger partial charge is 0.396 e. The first-order valence-electron chi connectivity index (χ1n) is 4.14. The van der Waals surface area contributed by atoms with Gasteiger partial charge in [-0.25, -0.2) is 0 Å². The molecule has 1 heterocycles. The molecule has 1 rings (SSSR count). The van der Waals surface area contributed by atoms with Crippen molar-refractivity contribution in [3.63, 3.8) is 0 Å². The lowest BCUT2D eigenvalue weighted by molar-refractivity contribution is -0.116. The molecule has 0 spiro atoms. The summed E-state index contributed by atoms with van der Waals surface area (Å²) in [5, 5.41) is 12.3. The lowest BCUT2D eigenvalue weighted by Gasteiger charge is -1.96. The molecule has 0 saturated carbocycles. The minimum atomic E-state index is -0.367. The highest BCUT2D eigenvalue weighted by Crippen LogP contribution is 2.12. The number of carbonyl (C=O) groups is 1. The van der Waals surface area contributed by atoms with Crippen molar-refractivity contribution in [3.8, 4) is 0 Å². The number of nitrogens with zero attached hydrogens (tertiary/aromatic N) is 1. The fourth-order valence-corrected chi connectivity index (χ4v) is 1.11. The van der Waals surface area contributed by atoms with Crippen LogP contribution in [0.25, 0.3) is 0 Å². The molecule has 0 amide bonds. The average molecular weight is 171 g/mol. The Kier molecular flexibility index (Phi) is 3.73. The Balaban J connectivity index is 2.14. The van der Waals surface area contributed by atoms with Crippen LogP contribution in [0.1, 0.15) is 25.7 Å². The monoisotopic (exact) mass is 171 g/mol. The molecule has 1 aliphatic heterocycles. The van der Waals surface area contributed by atoms with Gasteiger partial charge in [0.1, 0.15) is 0 Å². The number of aldehydes is 1. The summed E-state index contributed by atoms with van der Waals surface area (Å²) in [6, 6.07) is 0. The summed E-state index contributed by atoms with van der Waals surface area (Å²) in [7, 11) is 0. The van der Waals surface area contributed by atoms with Crippen LogP contribution < -0.4 is 0 Å². The SMILES string of the molecule is O=CC1CC(CCCCO)=NO1. The first kappa shape index (κ1) is 9.19. The molecule has 0 aromatic heterocycles. The topological polar surface area (TPSA) is 58.9 Å². The van der Waals surface area contributed by atoms with Gasteiger partial charge in [-0.2, -0.15) is 0 Å². The van der Waals surface area contributed by atoms with Crippen LogP contribution in [-0.4, -0.2) is 29.8 Å². The van der Waals surface area contributed by atoms with E-state index < -0.39 is 0 Å². The van der Waals surface area contributed by atoms with Gasteiger partial charge >= 0.3 is 0 Å². The molecule has 0 aromatic rings. The van der Waals surface area contributed by atoms with E-state index in [0.717, 1.165) is 31.3 Å². The van der Waals surface area contributed by atoms with Crippen molar-refractivity contribution in [2.45, 2.75) is 31.8 Å². The molecule has 4 nitrogen and oxygen atoms in total. The van der Waals surface area contributed by atoms with E-state index in [2.05, 4.69) is 5.16 Å². The third kappa shape index (κ3) is 2.62. The molecule has 68 valence electrons. The minimum absolute atomic E-state index is 0.214. The van der Waals surface area contributed by atoms with Gasteiger partial charge in [-0.1, -0.05) is 5.16 Å². The van der Waals surface area contributed by atoms with Gasteiger partial charge in [0.25, 0.3) is 0 Å². The molecular weight excluding hydrogens is 158 g/mol. The molecule has 0 aliphatic carbocycles. The van der Waals surface area contributed by atoms with Crippen LogP contribution in [0.5, 0.6) is 0 Å². The zero-order valence-corrected chi connectivity index (χ0v) is 6.90. The van der Waals surface area contributed by atoms with Crippen LogP contribution in [0.2, 0.25) is 0 Å². The normalized spacial score (nSPS) is 21.8. The Morgan fingerprint density at radius 2 is 2.50 bits per heavy atom. The Bertz CT molecular complexity index is 179. The zero-order valence-electron chi connectivity index (χ0n) is 6.90. The highest BCUT2D eigenvalue weighted by molar-refractivity contribution is 5.88. The van der Waals surface area contributed by atoms with Crippen molar-refractivity contribution in [1.29, 1.82) is 0 Å². The van der Waals surface area contributed by atoms with E-state index >= 15 is 0 Å². The predicted octanol–water partition coefficient (Wildman–Crippen LogP) is 0.493. The first-order valence-corrected chi connectivity index (χ1v) is 4.14. The van der Waals surface area contributed by atoms with Crippen LogP contribution in [0.15, 0.2) is 5.16 Å². The van der Waals surface area contributed by atoms with E-state index in [1.807, 2.05) is 0 Å². The van der Waals surface area contributed by atoms with Crippen molar-refractivity contribution in [2.75, 3.05) is 6.61 Å². The molecule has 1 unspecified atom stereocenters. The fraction of sp³-hybridized carbons (Fsp3) is 0.750. The van der Waals surface area contributed by atoms with Gasteiger partial charge in [-0.15, -0.1) is 0 Å². The maximum Gasteiger partial charge on any atom is 0.187 e. The summed E-state index contributed by atoms with van der Waals surface area (Å²) in [4.78, 5) is 15.0. The van der Waals surface area contributed by atoms with Crippen molar-refractivity contribution in [3.05, 3.63) is 0 Å². The van der Waals surface area contributed by atoms with E-state index in [-0.39, 0.29) is 12.7 Å². The van der Waals surface area contributed by atoms with E-state index in [9.17, 15) is 4.79 Å². The summed E-state index contributed by atoms with van der Waals surface area (Å²) >= 11 is 0. The van der Waals surface area contributed by atoms with Gasteiger partial charge in [0.15, 0.2) is 12.4 Å². The van der Waals surface area contributed by atoms with Crippen molar-refractivity contribution in [1.82, 2.24) is 0 Å². The van der Waals surface area contributed by atoms with Crippen molar-refractivity contribution >= 4 is 12.0 Å². The van der Waals surface area contributed by atoms with Crippen LogP contribution in [0.3, 0.4) is 0 Å². The molecule has 1 N–H and O–H groups in total. The quantitative estimate of drug-likeness (QED) is 0.484. The van der Waals surface area contributed by atoms with Gasteiger partial charge < -0.3 is 9.94 Å². The number of unbranched alkanes of at least 4 members (excludes halogenated alkanes) is 1. The summed E-state index contributed by atoms with van der Waals surface area (Å²) < 4.78 is 0. The van der Waals surface area contributed by atoms with Crippen LogP contribution in [0, 0.1) is 0 Å². The highest BCUT2D eigenvalue weighted by atomic mass is 16.6. The number of carbonyl (C=O) groups excluding carboxylic acids is 1. The molecule has 0 fully saturated rings.